The number of aromatic nitrogens is 2. The number of carboxylic acids is 1. The number of hydrogen-bond acceptors (Lipinski definition) is 3. The number of imidazole rings is 1. The summed E-state index contributed by atoms with van der Waals surface area (Å²) in [5.41, 5.74) is 3.50. The number of nitrogens with zero attached hydrogens (tertiary/aromatic N) is 2. The molecule has 0 aliphatic carbocycles. The summed E-state index contributed by atoms with van der Waals surface area (Å²) >= 11 is 19.1. The van der Waals surface area contributed by atoms with E-state index in [1.165, 1.54) is 5.56 Å². The van der Waals surface area contributed by atoms with E-state index in [-0.39, 0.29) is 12.5 Å². The van der Waals surface area contributed by atoms with Gasteiger partial charge in [-0.15, -0.1) is 0 Å². The van der Waals surface area contributed by atoms with Crippen LogP contribution in [0.15, 0.2) is 30.3 Å². The first-order valence-corrected chi connectivity index (χ1v) is 12.1. The molecule has 0 bridgehead atoms. The van der Waals surface area contributed by atoms with Crippen molar-refractivity contribution in [1.82, 2.24) is 9.55 Å². The van der Waals surface area contributed by atoms with Crippen molar-refractivity contribution in [3.63, 3.8) is 0 Å². The molecule has 1 atom stereocenters. The highest BCUT2D eigenvalue weighted by Crippen LogP contribution is 2.40. The number of rotatable bonds is 10. The van der Waals surface area contributed by atoms with Gasteiger partial charge in [0.15, 0.2) is 0 Å². The number of hydrogen-bond donors (Lipinski definition) is 2. The zero-order valence-corrected chi connectivity index (χ0v) is 20.7. The third-order valence-corrected chi connectivity index (χ3v) is 6.80. The monoisotopic (exact) mass is 495 g/mol. The van der Waals surface area contributed by atoms with Crippen LogP contribution in [0.4, 0.5) is 11.6 Å². The van der Waals surface area contributed by atoms with Crippen molar-refractivity contribution < 1.29 is 9.90 Å². The van der Waals surface area contributed by atoms with E-state index < -0.39 is 5.97 Å². The molecular formula is C24H28Cl3N3O2. The van der Waals surface area contributed by atoms with Crippen molar-refractivity contribution in [2.45, 2.75) is 64.8 Å². The van der Waals surface area contributed by atoms with Crippen LogP contribution in [-0.4, -0.2) is 20.6 Å². The Morgan fingerprint density at radius 3 is 2.38 bits per heavy atom. The molecule has 1 aromatic heterocycles. The lowest BCUT2D eigenvalue weighted by Crippen LogP contribution is -2.14. The largest absolute Gasteiger partial charge is 0.481 e. The zero-order valence-electron chi connectivity index (χ0n) is 18.5. The average Bonchev–Trinajstić information content (AvgIpc) is 3.13. The summed E-state index contributed by atoms with van der Waals surface area (Å²) in [5, 5.41) is 14.2. The topological polar surface area (TPSA) is 67.2 Å². The number of carbonyl (C=O) groups is 1. The molecule has 0 spiro atoms. The van der Waals surface area contributed by atoms with Crippen LogP contribution in [0.2, 0.25) is 15.1 Å². The Morgan fingerprint density at radius 1 is 1.06 bits per heavy atom. The summed E-state index contributed by atoms with van der Waals surface area (Å²) in [7, 11) is 0. The van der Waals surface area contributed by atoms with Crippen LogP contribution < -0.4 is 5.32 Å². The van der Waals surface area contributed by atoms with Gasteiger partial charge < -0.3 is 15.0 Å². The van der Waals surface area contributed by atoms with Gasteiger partial charge in [0.1, 0.15) is 5.52 Å². The SMILES string of the molecule is CCC(CC)c1ccc(Cl)c2nc(Nc3ccc(Cl)cc3Cl)n(C(CC)CCC(=O)O)c12. The molecule has 0 aliphatic rings. The van der Waals surface area contributed by atoms with E-state index in [1.54, 1.807) is 18.2 Å². The Kier molecular flexibility index (Phi) is 8.32. The molecule has 0 amide bonds. The van der Waals surface area contributed by atoms with Crippen LogP contribution >= 0.6 is 34.8 Å². The van der Waals surface area contributed by atoms with E-state index in [2.05, 4.69) is 36.7 Å². The van der Waals surface area contributed by atoms with E-state index in [1.807, 2.05) is 6.07 Å². The lowest BCUT2D eigenvalue weighted by Gasteiger charge is -2.23. The number of benzene rings is 2. The van der Waals surface area contributed by atoms with Gasteiger partial charge in [-0.1, -0.05) is 61.6 Å². The molecule has 5 nitrogen and oxygen atoms in total. The first-order chi connectivity index (χ1) is 15.3. The molecule has 1 unspecified atom stereocenters. The standard InChI is InChI=1S/C24H28Cl3N3O2/c1-4-14(5-2)17-9-10-18(26)22-23(17)30(16(6-3)8-12-21(31)32)24(29-22)28-20-11-7-15(25)13-19(20)27/h7,9-11,13-14,16H,4-6,8,12H2,1-3H3,(H,28,29)(H,31,32). The average molecular weight is 497 g/mol. The molecule has 3 aromatic rings. The molecule has 0 aliphatic heterocycles. The Hall–Kier alpha value is -1.95. The lowest BCUT2D eigenvalue weighted by atomic mass is 9.92. The van der Waals surface area contributed by atoms with E-state index in [4.69, 9.17) is 39.8 Å². The molecule has 3 rings (SSSR count). The van der Waals surface area contributed by atoms with Gasteiger partial charge in [0.2, 0.25) is 5.95 Å². The minimum absolute atomic E-state index is 0.0696. The summed E-state index contributed by atoms with van der Waals surface area (Å²) in [6, 6.07) is 9.12. The van der Waals surface area contributed by atoms with Gasteiger partial charge >= 0.3 is 5.97 Å². The van der Waals surface area contributed by atoms with Gasteiger partial charge in [-0.05, 0) is 61.4 Å². The van der Waals surface area contributed by atoms with Gasteiger partial charge in [-0.25, -0.2) is 4.98 Å². The fourth-order valence-electron chi connectivity index (χ4n) is 4.21. The Labute approximate surface area is 203 Å². The minimum atomic E-state index is -0.818. The van der Waals surface area contributed by atoms with Crippen molar-refractivity contribution in [3.05, 3.63) is 51.0 Å². The Balaban J connectivity index is 2.26. The first-order valence-electron chi connectivity index (χ1n) is 10.9. The second-order valence-corrected chi connectivity index (χ2v) is 9.15. The predicted octanol–water partition coefficient (Wildman–Crippen LogP) is 8.46. The number of halogens is 3. The highest BCUT2D eigenvalue weighted by Gasteiger charge is 2.25. The number of aliphatic carboxylic acids is 1. The summed E-state index contributed by atoms with van der Waals surface area (Å²) < 4.78 is 2.11. The molecule has 0 saturated heterocycles. The maximum Gasteiger partial charge on any atom is 0.303 e. The Bertz CT molecular complexity index is 1110. The summed E-state index contributed by atoms with van der Waals surface area (Å²) in [6.45, 7) is 6.39. The maximum absolute atomic E-state index is 11.3. The fourth-order valence-corrected chi connectivity index (χ4v) is 4.87. The van der Waals surface area contributed by atoms with Crippen LogP contribution in [0, 0.1) is 0 Å². The fraction of sp³-hybridized carbons (Fsp3) is 0.417. The molecule has 172 valence electrons. The van der Waals surface area contributed by atoms with Gasteiger partial charge in [0, 0.05) is 17.5 Å². The number of fused-ring (bicyclic) bond motifs is 1. The first kappa shape index (κ1) is 24.7. The van der Waals surface area contributed by atoms with Crippen molar-refractivity contribution in [2.75, 3.05) is 5.32 Å². The molecule has 2 aromatic carbocycles. The molecule has 1 heterocycles. The number of carboxylic acid groups (broad SMARTS) is 1. The second-order valence-electron chi connectivity index (χ2n) is 7.90. The molecule has 2 N–H and O–H groups in total. The molecule has 0 fully saturated rings. The van der Waals surface area contributed by atoms with E-state index >= 15 is 0 Å². The van der Waals surface area contributed by atoms with Gasteiger partial charge in [-0.3, -0.25) is 4.79 Å². The van der Waals surface area contributed by atoms with Crippen LogP contribution in [0.5, 0.6) is 0 Å². The normalized spacial score (nSPS) is 12.5. The summed E-state index contributed by atoms with van der Waals surface area (Å²) in [5.74, 6) is 0.109. The maximum atomic E-state index is 11.3. The third-order valence-electron chi connectivity index (χ3n) is 5.95. The number of nitrogens with one attached hydrogen (secondary N) is 1. The smallest absolute Gasteiger partial charge is 0.303 e. The number of anilines is 2. The zero-order chi connectivity index (χ0) is 23.4. The molecule has 0 radical (unpaired) electrons. The van der Waals surface area contributed by atoms with Gasteiger partial charge in [-0.2, -0.15) is 0 Å². The van der Waals surface area contributed by atoms with Gasteiger partial charge in [0.05, 0.1) is 21.2 Å². The van der Waals surface area contributed by atoms with Crippen LogP contribution in [0.1, 0.15) is 70.4 Å². The predicted molar refractivity (Wildman–Crippen MR) is 134 cm³/mol. The van der Waals surface area contributed by atoms with E-state index in [0.29, 0.717) is 44.6 Å². The molecular weight excluding hydrogens is 469 g/mol. The van der Waals surface area contributed by atoms with Crippen LogP contribution in [0.25, 0.3) is 11.0 Å². The Morgan fingerprint density at radius 2 is 1.78 bits per heavy atom. The lowest BCUT2D eigenvalue weighted by molar-refractivity contribution is -0.137. The molecule has 0 saturated carbocycles. The van der Waals surface area contributed by atoms with E-state index in [0.717, 1.165) is 24.8 Å². The van der Waals surface area contributed by atoms with Crippen molar-refractivity contribution >= 4 is 63.4 Å². The summed E-state index contributed by atoms with van der Waals surface area (Å²) in [4.78, 5) is 16.2. The van der Waals surface area contributed by atoms with Crippen molar-refractivity contribution in [1.29, 1.82) is 0 Å². The van der Waals surface area contributed by atoms with Crippen LogP contribution in [0.3, 0.4) is 0 Å². The summed E-state index contributed by atoms with van der Waals surface area (Å²) in [6.07, 6.45) is 3.26. The minimum Gasteiger partial charge on any atom is -0.481 e. The quantitative estimate of drug-likeness (QED) is 0.295. The third kappa shape index (κ3) is 5.16. The van der Waals surface area contributed by atoms with Crippen molar-refractivity contribution in [2.24, 2.45) is 0 Å². The van der Waals surface area contributed by atoms with E-state index in [9.17, 15) is 9.90 Å². The van der Waals surface area contributed by atoms with Crippen LogP contribution in [-0.2, 0) is 4.79 Å². The van der Waals surface area contributed by atoms with Crippen molar-refractivity contribution in [3.8, 4) is 0 Å². The molecule has 32 heavy (non-hydrogen) atoms. The second kappa shape index (κ2) is 10.8. The highest BCUT2D eigenvalue weighted by molar-refractivity contribution is 6.36. The highest BCUT2D eigenvalue weighted by atomic mass is 35.5. The van der Waals surface area contributed by atoms with Gasteiger partial charge in [0.25, 0.3) is 0 Å². The molecule has 8 heteroatoms.